The van der Waals surface area contributed by atoms with Crippen molar-refractivity contribution in [1.82, 2.24) is 10.2 Å². The van der Waals surface area contributed by atoms with E-state index in [-0.39, 0.29) is 11.9 Å². The van der Waals surface area contributed by atoms with Crippen LogP contribution in [0.2, 0.25) is 0 Å². The molecule has 185 valence electrons. The summed E-state index contributed by atoms with van der Waals surface area (Å²) in [5, 5.41) is 11.5. The summed E-state index contributed by atoms with van der Waals surface area (Å²) in [5.41, 5.74) is 3.06. The lowest BCUT2D eigenvalue weighted by Gasteiger charge is -2.35. The molecule has 36 heavy (non-hydrogen) atoms. The standard InChI is InChI=1S/C30H32FN4O/c31-27-13-11-25(12-14-27)21-26-15-18-34(19-16-26)20-17-29(22-24-7-3-1-4-8-24)35(30(36)33-23-32)28-9-5-2-6-10-28/h1-14,17,26,29H,15-16,18-22H2,(H,33,36)/t29-/m0/s1. The molecule has 0 spiro atoms. The normalized spacial score (nSPS) is 15.1. The molecule has 4 rings (SSSR count). The van der Waals surface area contributed by atoms with Crippen molar-refractivity contribution in [2.45, 2.75) is 31.7 Å². The summed E-state index contributed by atoms with van der Waals surface area (Å²) >= 11 is 0. The number of nitrogens with one attached hydrogen (secondary N) is 1. The molecule has 6 heteroatoms. The van der Waals surface area contributed by atoms with Gasteiger partial charge in [-0.25, -0.2) is 14.5 Å². The summed E-state index contributed by atoms with van der Waals surface area (Å²) in [6.07, 6.45) is 7.78. The van der Waals surface area contributed by atoms with Crippen molar-refractivity contribution in [3.05, 3.63) is 108 Å². The average Bonchev–Trinajstić information content (AvgIpc) is 2.91. The van der Waals surface area contributed by atoms with Crippen LogP contribution in [0.1, 0.15) is 24.0 Å². The van der Waals surface area contributed by atoms with Crippen LogP contribution in [0.25, 0.3) is 0 Å². The van der Waals surface area contributed by atoms with Gasteiger partial charge in [-0.15, -0.1) is 0 Å². The number of benzene rings is 3. The molecule has 3 aromatic rings. The number of carbonyl (C=O) groups excluding carboxylic acids is 1. The van der Waals surface area contributed by atoms with Gasteiger partial charge in [0.1, 0.15) is 5.82 Å². The maximum Gasteiger partial charge on any atom is 0.335 e. The van der Waals surface area contributed by atoms with Crippen LogP contribution >= 0.6 is 0 Å². The van der Waals surface area contributed by atoms with Crippen LogP contribution in [0.4, 0.5) is 14.9 Å². The van der Waals surface area contributed by atoms with Crippen LogP contribution in [0.5, 0.6) is 0 Å². The van der Waals surface area contributed by atoms with Crippen LogP contribution < -0.4 is 10.2 Å². The Kier molecular flexibility index (Phi) is 9.07. The highest BCUT2D eigenvalue weighted by molar-refractivity contribution is 5.93. The smallest absolute Gasteiger partial charge is 0.303 e. The second kappa shape index (κ2) is 12.9. The first-order valence-electron chi connectivity index (χ1n) is 12.5. The lowest BCUT2D eigenvalue weighted by molar-refractivity contribution is 0.193. The highest BCUT2D eigenvalue weighted by Gasteiger charge is 2.27. The summed E-state index contributed by atoms with van der Waals surface area (Å²) in [6, 6.07) is 25.8. The highest BCUT2D eigenvalue weighted by Crippen LogP contribution is 2.25. The van der Waals surface area contributed by atoms with Gasteiger partial charge in [-0.05, 0) is 86.5 Å². The van der Waals surface area contributed by atoms with E-state index in [9.17, 15) is 9.18 Å². The van der Waals surface area contributed by atoms with Crippen molar-refractivity contribution in [3.63, 3.8) is 0 Å². The van der Waals surface area contributed by atoms with E-state index >= 15 is 0 Å². The quantitative estimate of drug-likeness (QED) is 0.319. The second-order valence-electron chi connectivity index (χ2n) is 9.31. The Morgan fingerprint density at radius 1 is 1.00 bits per heavy atom. The molecule has 0 aromatic heterocycles. The minimum absolute atomic E-state index is 0.192. The van der Waals surface area contributed by atoms with Gasteiger partial charge in [0, 0.05) is 18.3 Å². The number of amides is 2. The molecule has 0 aliphatic carbocycles. The molecule has 1 saturated heterocycles. The van der Waals surface area contributed by atoms with Crippen LogP contribution in [0.3, 0.4) is 0 Å². The van der Waals surface area contributed by atoms with E-state index in [0.29, 0.717) is 12.3 Å². The van der Waals surface area contributed by atoms with E-state index < -0.39 is 6.03 Å². The first-order valence-corrected chi connectivity index (χ1v) is 12.5. The number of nitrogens with zero attached hydrogens (tertiary/aromatic N) is 3. The summed E-state index contributed by atoms with van der Waals surface area (Å²) in [7, 11) is 0. The van der Waals surface area contributed by atoms with Crippen molar-refractivity contribution in [2.24, 2.45) is 5.92 Å². The molecule has 0 unspecified atom stereocenters. The zero-order chi connectivity index (χ0) is 25.2. The number of hydrogen-bond donors (Lipinski definition) is 1. The van der Waals surface area contributed by atoms with E-state index in [2.05, 4.69) is 28.8 Å². The molecule has 2 amide bonds. The fourth-order valence-corrected chi connectivity index (χ4v) is 4.89. The number of para-hydroxylation sites is 1. The minimum atomic E-state index is -0.432. The highest BCUT2D eigenvalue weighted by atomic mass is 19.1. The number of nitriles is 1. The molecule has 1 heterocycles. The maximum absolute atomic E-state index is 13.2. The van der Waals surface area contributed by atoms with Crippen LogP contribution in [-0.2, 0) is 12.8 Å². The zero-order valence-electron chi connectivity index (χ0n) is 20.4. The van der Waals surface area contributed by atoms with Gasteiger partial charge in [0.2, 0.25) is 0 Å². The summed E-state index contributed by atoms with van der Waals surface area (Å²) in [5.74, 6) is 0.399. The fourth-order valence-electron chi connectivity index (χ4n) is 4.89. The Balaban J connectivity index is 1.42. The second-order valence-corrected chi connectivity index (χ2v) is 9.31. The number of likely N-dealkylation sites (tertiary alicyclic amines) is 1. The molecule has 5 nitrogen and oxygen atoms in total. The number of rotatable bonds is 9. The molecule has 1 aliphatic rings. The van der Waals surface area contributed by atoms with Gasteiger partial charge in [0.15, 0.2) is 6.19 Å². The van der Waals surface area contributed by atoms with Gasteiger partial charge in [-0.2, -0.15) is 5.26 Å². The largest absolute Gasteiger partial charge is 0.335 e. The Labute approximate surface area is 213 Å². The lowest BCUT2D eigenvalue weighted by Crippen LogP contribution is -2.48. The third kappa shape index (κ3) is 7.16. The molecule has 1 radical (unpaired) electrons. The first-order chi connectivity index (χ1) is 17.6. The van der Waals surface area contributed by atoms with E-state index in [1.165, 1.54) is 17.7 Å². The Bertz CT molecular complexity index is 1120. The molecule has 1 N–H and O–H groups in total. The predicted octanol–water partition coefficient (Wildman–Crippen LogP) is 5.59. The first kappa shape index (κ1) is 25.4. The fraction of sp³-hybridized carbons (Fsp3) is 0.300. The molecular formula is C30H32FN4O. The topological polar surface area (TPSA) is 59.4 Å². The number of urea groups is 1. The van der Waals surface area contributed by atoms with Crippen LogP contribution in [0.15, 0.2) is 84.9 Å². The van der Waals surface area contributed by atoms with Crippen LogP contribution in [-0.4, -0.2) is 36.6 Å². The van der Waals surface area contributed by atoms with Crippen molar-refractivity contribution in [1.29, 1.82) is 5.26 Å². The summed E-state index contributed by atoms with van der Waals surface area (Å²) in [6.45, 7) is 2.72. The van der Waals surface area contributed by atoms with E-state index in [4.69, 9.17) is 5.26 Å². The third-order valence-corrected chi connectivity index (χ3v) is 6.82. The molecule has 1 atom stereocenters. The number of hydrogen-bond acceptors (Lipinski definition) is 3. The Morgan fingerprint density at radius 3 is 2.28 bits per heavy atom. The van der Waals surface area contributed by atoms with E-state index in [1.54, 1.807) is 11.1 Å². The predicted molar refractivity (Wildman–Crippen MR) is 141 cm³/mol. The number of halogens is 1. The van der Waals surface area contributed by atoms with Crippen molar-refractivity contribution in [3.8, 4) is 6.19 Å². The summed E-state index contributed by atoms with van der Waals surface area (Å²) < 4.78 is 13.2. The van der Waals surface area contributed by atoms with Crippen LogP contribution in [0, 0.1) is 29.6 Å². The minimum Gasteiger partial charge on any atom is -0.303 e. The number of carbonyl (C=O) groups is 1. The Morgan fingerprint density at radius 2 is 1.64 bits per heavy atom. The maximum atomic E-state index is 13.2. The van der Waals surface area contributed by atoms with Gasteiger partial charge >= 0.3 is 6.03 Å². The Hall–Kier alpha value is -3.69. The summed E-state index contributed by atoms with van der Waals surface area (Å²) in [4.78, 5) is 17.1. The molecule has 0 saturated carbocycles. The van der Waals surface area contributed by atoms with Gasteiger partial charge in [0.25, 0.3) is 0 Å². The van der Waals surface area contributed by atoms with E-state index in [0.717, 1.165) is 50.1 Å². The van der Waals surface area contributed by atoms with Gasteiger partial charge in [-0.1, -0.05) is 60.7 Å². The monoisotopic (exact) mass is 483 g/mol. The molecular weight excluding hydrogens is 451 g/mol. The third-order valence-electron chi connectivity index (χ3n) is 6.82. The van der Waals surface area contributed by atoms with Crippen molar-refractivity contribution >= 4 is 11.7 Å². The molecule has 3 aromatic carbocycles. The van der Waals surface area contributed by atoms with Gasteiger partial charge in [0.05, 0.1) is 0 Å². The number of anilines is 1. The van der Waals surface area contributed by atoms with E-state index in [1.807, 2.05) is 60.7 Å². The van der Waals surface area contributed by atoms with Gasteiger partial charge < -0.3 is 4.90 Å². The molecule has 0 bridgehead atoms. The SMILES string of the molecule is N#CNC(=O)N(c1ccccc1)[C@@H]([CH]CN1CCC(Cc2ccc(F)cc2)CC1)Cc1ccccc1. The van der Waals surface area contributed by atoms with Crippen molar-refractivity contribution < 1.29 is 9.18 Å². The molecule has 1 fully saturated rings. The van der Waals surface area contributed by atoms with Crippen molar-refractivity contribution in [2.75, 3.05) is 24.5 Å². The number of piperidine rings is 1. The van der Waals surface area contributed by atoms with Gasteiger partial charge in [-0.3, -0.25) is 4.90 Å². The molecule has 1 aliphatic heterocycles. The average molecular weight is 484 g/mol. The zero-order valence-corrected chi connectivity index (χ0v) is 20.4. The lowest BCUT2D eigenvalue weighted by atomic mass is 9.90.